The highest BCUT2D eigenvalue weighted by Crippen LogP contribution is 2.61. The molecule has 1 aliphatic carbocycles. The maximum absolute atomic E-state index is 12.7. The van der Waals surface area contributed by atoms with Gasteiger partial charge in [0, 0.05) is 13.0 Å². The summed E-state index contributed by atoms with van der Waals surface area (Å²) in [5, 5.41) is 2.42. The van der Waals surface area contributed by atoms with Crippen molar-refractivity contribution in [2.45, 2.75) is 65.0 Å². The van der Waals surface area contributed by atoms with Crippen LogP contribution in [0.15, 0.2) is 35.1 Å². The van der Waals surface area contributed by atoms with Crippen LogP contribution in [0.2, 0.25) is 0 Å². The zero-order valence-electron chi connectivity index (χ0n) is 17.8. The first-order chi connectivity index (χ1) is 13.8. The van der Waals surface area contributed by atoms with Gasteiger partial charge in [-0.05, 0) is 53.0 Å². The number of nitrogens with one attached hydrogen (secondary N) is 1. The molecule has 0 radical (unpaired) electrons. The maximum Gasteiger partial charge on any atom is 0.409 e. The van der Waals surface area contributed by atoms with Crippen molar-refractivity contribution in [3.8, 4) is 0 Å². The molecule has 0 bridgehead atoms. The maximum atomic E-state index is 12.7. The molecule has 29 heavy (non-hydrogen) atoms. The topological polar surface area (TPSA) is 86.4 Å². The van der Waals surface area contributed by atoms with Gasteiger partial charge in [-0.15, -0.1) is 0 Å². The van der Waals surface area contributed by atoms with Crippen molar-refractivity contribution in [3.63, 3.8) is 0 Å². The van der Waals surface area contributed by atoms with E-state index in [9.17, 15) is 9.59 Å². The number of allylic oxidation sites excluding steroid dienone is 3. The molecule has 2 fully saturated rings. The molecule has 0 aromatic heterocycles. The van der Waals surface area contributed by atoms with E-state index < -0.39 is 24.0 Å². The first kappa shape index (κ1) is 21.4. The highest BCUT2D eigenvalue weighted by atomic mass is 16.7. The summed E-state index contributed by atoms with van der Waals surface area (Å²) in [6.45, 7) is 8.39. The summed E-state index contributed by atoms with van der Waals surface area (Å²) in [7, 11) is 1.49. The number of hydrogen-bond donors (Lipinski definition) is 1. The van der Waals surface area contributed by atoms with E-state index in [2.05, 4.69) is 25.2 Å². The molecule has 1 N–H and O–H groups in total. The van der Waals surface area contributed by atoms with Gasteiger partial charge in [-0.1, -0.05) is 17.2 Å². The number of esters is 1. The van der Waals surface area contributed by atoms with Gasteiger partial charge in [0.15, 0.2) is 0 Å². The van der Waals surface area contributed by atoms with E-state index in [-0.39, 0.29) is 24.5 Å². The standard InChI is InChI=1S/C22H31NO6/c1-13(2)7-6-8-14(3)9-10-26-19(24)16-12-27-20(28-21(25)23-5)18-15(16)11-17-22(18,4)29-17/h7,9,12,15,17-18,20H,6,8,10-11H2,1-5H3,(H,23,25)/t15-,17+,18+,20+,22+/m1/s1. The van der Waals surface area contributed by atoms with Gasteiger partial charge in [-0.25, -0.2) is 9.59 Å². The van der Waals surface area contributed by atoms with Crippen LogP contribution in [0.25, 0.3) is 0 Å². The highest BCUT2D eigenvalue weighted by Gasteiger charge is 2.71. The molecule has 7 heteroatoms. The Bertz CT molecular complexity index is 750. The minimum absolute atomic E-state index is 0.0448. The van der Waals surface area contributed by atoms with Crippen LogP contribution < -0.4 is 5.32 Å². The number of amides is 1. The lowest BCUT2D eigenvalue weighted by atomic mass is 9.82. The summed E-state index contributed by atoms with van der Waals surface area (Å²) in [4.78, 5) is 24.3. The van der Waals surface area contributed by atoms with E-state index >= 15 is 0 Å². The Hall–Kier alpha value is -2.28. The van der Waals surface area contributed by atoms with E-state index in [1.165, 1.54) is 24.5 Å². The van der Waals surface area contributed by atoms with E-state index in [1.807, 2.05) is 19.9 Å². The second-order valence-electron chi connectivity index (χ2n) is 8.36. The molecule has 5 atom stereocenters. The number of alkyl carbamates (subject to hydrolysis) is 1. The molecule has 0 aromatic rings. The first-order valence-corrected chi connectivity index (χ1v) is 10.1. The van der Waals surface area contributed by atoms with Gasteiger partial charge in [0.05, 0.1) is 23.9 Å². The molecule has 0 aromatic carbocycles. The second kappa shape index (κ2) is 8.61. The minimum Gasteiger partial charge on any atom is -0.461 e. The van der Waals surface area contributed by atoms with Gasteiger partial charge in [0.2, 0.25) is 0 Å². The monoisotopic (exact) mass is 405 g/mol. The third-order valence-electron chi connectivity index (χ3n) is 5.96. The van der Waals surface area contributed by atoms with Gasteiger partial charge in [0.1, 0.15) is 12.2 Å². The van der Waals surface area contributed by atoms with Gasteiger partial charge >= 0.3 is 12.1 Å². The average molecular weight is 405 g/mol. The minimum atomic E-state index is -0.786. The molecular formula is C22H31NO6. The number of hydrogen-bond acceptors (Lipinski definition) is 6. The number of ether oxygens (including phenoxy) is 4. The van der Waals surface area contributed by atoms with Crippen molar-refractivity contribution in [2.24, 2.45) is 11.8 Å². The molecule has 7 nitrogen and oxygen atoms in total. The molecule has 1 saturated heterocycles. The van der Waals surface area contributed by atoms with E-state index in [0.29, 0.717) is 12.0 Å². The summed E-state index contributed by atoms with van der Waals surface area (Å²) < 4.78 is 22.2. The van der Waals surface area contributed by atoms with Crippen molar-refractivity contribution < 1.29 is 28.5 Å². The Labute approximate surface area is 172 Å². The van der Waals surface area contributed by atoms with Crippen LogP contribution in [0.4, 0.5) is 4.79 Å². The summed E-state index contributed by atoms with van der Waals surface area (Å²) >= 11 is 0. The number of carbonyl (C=O) groups is 2. The fourth-order valence-electron chi connectivity index (χ4n) is 4.22. The molecule has 2 heterocycles. The summed E-state index contributed by atoms with van der Waals surface area (Å²) in [5.41, 5.74) is 2.53. The molecule has 3 rings (SSSR count). The van der Waals surface area contributed by atoms with Crippen LogP contribution in [-0.4, -0.2) is 43.7 Å². The lowest BCUT2D eigenvalue weighted by Crippen LogP contribution is -2.44. The fraction of sp³-hybridized carbons (Fsp3) is 0.636. The third kappa shape index (κ3) is 4.66. The quantitative estimate of drug-likeness (QED) is 0.396. The number of carbonyl (C=O) groups excluding carboxylic acids is 2. The van der Waals surface area contributed by atoms with E-state index in [1.54, 1.807) is 0 Å². The van der Waals surface area contributed by atoms with Gasteiger partial charge < -0.3 is 24.3 Å². The Balaban J connectivity index is 1.60. The summed E-state index contributed by atoms with van der Waals surface area (Å²) in [6.07, 6.45) is 6.81. The third-order valence-corrected chi connectivity index (χ3v) is 5.96. The zero-order valence-corrected chi connectivity index (χ0v) is 17.8. The second-order valence-corrected chi connectivity index (χ2v) is 8.36. The average Bonchev–Trinajstić information content (AvgIpc) is 3.22. The Morgan fingerprint density at radius 2 is 2.07 bits per heavy atom. The van der Waals surface area contributed by atoms with Crippen LogP contribution >= 0.6 is 0 Å². The molecule has 1 saturated carbocycles. The molecule has 2 aliphatic heterocycles. The SMILES string of the molecule is CNC(=O)O[C@@H]1OC=C(C(=O)OCC=C(C)CCC=C(C)C)[C@H]2C[C@@H]3O[C@]3(C)[C@H]12. The zero-order chi connectivity index (χ0) is 21.2. The number of epoxide rings is 1. The molecule has 0 unspecified atom stereocenters. The first-order valence-electron chi connectivity index (χ1n) is 10.1. The predicted octanol–water partition coefficient (Wildman–Crippen LogP) is 3.61. The van der Waals surface area contributed by atoms with Gasteiger partial charge in [-0.2, -0.15) is 0 Å². The molecule has 0 spiro atoms. The Kier molecular flexibility index (Phi) is 6.36. The predicted molar refractivity (Wildman–Crippen MR) is 107 cm³/mol. The van der Waals surface area contributed by atoms with Crippen molar-refractivity contribution in [2.75, 3.05) is 13.7 Å². The van der Waals surface area contributed by atoms with E-state index in [4.69, 9.17) is 18.9 Å². The Morgan fingerprint density at radius 1 is 1.31 bits per heavy atom. The van der Waals surface area contributed by atoms with Crippen LogP contribution in [0.1, 0.15) is 47.0 Å². The van der Waals surface area contributed by atoms with Crippen molar-refractivity contribution >= 4 is 12.1 Å². The highest BCUT2D eigenvalue weighted by molar-refractivity contribution is 5.89. The van der Waals surface area contributed by atoms with Gasteiger partial charge in [-0.3, -0.25) is 0 Å². The largest absolute Gasteiger partial charge is 0.461 e. The number of rotatable bonds is 7. The normalized spacial score (nSPS) is 32.2. The van der Waals surface area contributed by atoms with Crippen LogP contribution in [0, 0.1) is 11.8 Å². The van der Waals surface area contributed by atoms with Crippen LogP contribution in [0.3, 0.4) is 0 Å². The molecular weight excluding hydrogens is 374 g/mol. The molecule has 160 valence electrons. The number of fused-ring (bicyclic) bond motifs is 3. The fourth-order valence-corrected chi connectivity index (χ4v) is 4.22. The smallest absolute Gasteiger partial charge is 0.409 e. The summed E-state index contributed by atoms with van der Waals surface area (Å²) in [5.74, 6) is -0.743. The van der Waals surface area contributed by atoms with Crippen molar-refractivity contribution in [3.05, 3.63) is 35.1 Å². The van der Waals surface area contributed by atoms with Crippen molar-refractivity contribution in [1.29, 1.82) is 0 Å². The molecule has 3 aliphatic rings. The lowest BCUT2D eigenvalue weighted by Gasteiger charge is -2.35. The van der Waals surface area contributed by atoms with E-state index in [0.717, 1.165) is 12.8 Å². The van der Waals surface area contributed by atoms with Crippen LogP contribution in [-0.2, 0) is 23.7 Å². The van der Waals surface area contributed by atoms with Crippen molar-refractivity contribution in [1.82, 2.24) is 5.32 Å². The Morgan fingerprint density at radius 3 is 2.76 bits per heavy atom. The lowest BCUT2D eigenvalue weighted by molar-refractivity contribution is -0.151. The molecule has 1 amide bonds. The van der Waals surface area contributed by atoms with Crippen LogP contribution in [0.5, 0.6) is 0 Å². The summed E-state index contributed by atoms with van der Waals surface area (Å²) in [6, 6.07) is 0. The van der Waals surface area contributed by atoms with Gasteiger partial charge in [0.25, 0.3) is 6.29 Å².